The minimum atomic E-state index is -5.06. The van der Waals surface area contributed by atoms with Gasteiger partial charge in [0, 0.05) is 0 Å². The van der Waals surface area contributed by atoms with Crippen molar-refractivity contribution in [2.75, 3.05) is 14.2 Å². The van der Waals surface area contributed by atoms with Crippen LogP contribution in [0.4, 0.5) is 17.6 Å². The second-order valence-corrected chi connectivity index (χ2v) is 3.93. The van der Waals surface area contributed by atoms with Crippen molar-refractivity contribution in [2.45, 2.75) is 12.2 Å². The number of nitrogens with zero attached hydrogens (tertiary/aromatic N) is 1. The van der Waals surface area contributed by atoms with E-state index in [-0.39, 0.29) is 0 Å². The summed E-state index contributed by atoms with van der Waals surface area (Å²) < 4.78 is 61.0. The molecule has 1 aromatic rings. The van der Waals surface area contributed by atoms with Crippen LogP contribution in [0.3, 0.4) is 0 Å². The summed E-state index contributed by atoms with van der Waals surface area (Å²) in [7, 11) is 1.80. The van der Waals surface area contributed by atoms with E-state index >= 15 is 0 Å². The van der Waals surface area contributed by atoms with E-state index in [0.29, 0.717) is 12.1 Å². The first-order valence-corrected chi connectivity index (χ1v) is 5.61. The molecule has 1 aromatic carbocycles. The third-order valence-electron chi connectivity index (χ3n) is 2.72. The van der Waals surface area contributed by atoms with E-state index in [1.165, 1.54) is 0 Å². The van der Waals surface area contributed by atoms with Gasteiger partial charge in [0.05, 0.1) is 30.9 Å². The Morgan fingerprint density at radius 1 is 1.23 bits per heavy atom. The van der Waals surface area contributed by atoms with E-state index in [1.807, 2.05) is 0 Å². The van der Waals surface area contributed by atoms with Crippen molar-refractivity contribution in [1.29, 1.82) is 0 Å². The highest BCUT2D eigenvalue weighted by atomic mass is 19.4. The van der Waals surface area contributed by atoms with Crippen LogP contribution in [0.1, 0.15) is 27.5 Å². The van der Waals surface area contributed by atoms with Crippen LogP contribution in [0.2, 0.25) is 0 Å². The SMILES string of the molecule is [C-]#[N+]C(C(=O)OC)c1c(C(=O)OC)ccc(C(F)(F)F)c1F. The lowest BCUT2D eigenvalue weighted by molar-refractivity contribution is -0.143. The number of hydrogen-bond acceptors (Lipinski definition) is 4. The van der Waals surface area contributed by atoms with Crippen LogP contribution in [0.5, 0.6) is 0 Å². The molecule has 0 aliphatic rings. The fourth-order valence-corrected chi connectivity index (χ4v) is 1.71. The summed E-state index contributed by atoms with van der Waals surface area (Å²) >= 11 is 0. The molecule has 0 N–H and O–H groups in total. The smallest absolute Gasteiger partial charge is 0.419 e. The average Bonchev–Trinajstić information content (AvgIpc) is 2.46. The summed E-state index contributed by atoms with van der Waals surface area (Å²) in [5.41, 5.74) is -3.38. The first-order valence-electron chi connectivity index (χ1n) is 5.61. The summed E-state index contributed by atoms with van der Waals surface area (Å²) in [6.45, 7) is 6.87. The first kappa shape index (κ1) is 17.4. The fraction of sp³-hybridized carbons (Fsp3) is 0.308. The Labute approximate surface area is 122 Å². The standard InChI is InChI=1S/C13H9F4NO4/c1-18-10(12(20)22-3)8-6(11(19)21-2)4-5-7(9(8)14)13(15,16)17/h4-5,10H,2-3H3. The maximum Gasteiger partial charge on any atom is 0.419 e. The molecule has 1 rings (SSSR count). The zero-order valence-electron chi connectivity index (χ0n) is 11.3. The predicted octanol–water partition coefficient (Wildman–Crippen LogP) is 2.76. The fourth-order valence-electron chi connectivity index (χ4n) is 1.71. The molecule has 0 fully saturated rings. The molecule has 1 unspecified atom stereocenters. The predicted molar refractivity (Wildman–Crippen MR) is 64.1 cm³/mol. The Bertz CT molecular complexity index is 649. The van der Waals surface area contributed by atoms with E-state index in [0.717, 1.165) is 14.2 Å². The Morgan fingerprint density at radius 2 is 1.82 bits per heavy atom. The molecule has 0 saturated carbocycles. The summed E-state index contributed by atoms with van der Waals surface area (Å²) in [5.74, 6) is -4.36. The van der Waals surface area contributed by atoms with Crippen LogP contribution in [-0.2, 0) is 20.4 Å². The molecule has 9 heteroatoms. The summed E-state index contributed by atoms with van der Waals surface area (Å²) in [4.78, 5) is 25.8. The van der Waals surface area contributed by atoms with Gasteiger partial charge in [0.2, 0.25) is 0 Å². The van der Waals surface area contributed by atoms with Crippen LogP contribution < -0.4 is 0 Å². The van der Waals surface area contributed by atoms with Crippen LogP contribution in [0, 0.1) is 12.4 Å². The molecule has 0 aliphatic carbocycles. The number of hydrogen-bond donors (Lipinski definition) is 0. The van der Waals surface area contributed by atoms with E-state index < -0.39 is 46.7 Å². The van der Waals surface area contributed by atoms with Crippen molar-refractivity contribution in [3.05, 3.63) is 46.1 Å². The number of alkyl halides is 3. The lowest BCUT2D eigenvalue weighted by Gasteiger charge is -2.14. The van der Waals surface area contributed by atoms with Gasteiger partial charge in [-0.25, -0.2) is 20.6 Å². The average molecular weight is 319 g/mol. The van der Waals surface area contributed by atoms with Crippen molar-refractivity contribution < 1.29 is 36.6 Å². The Morgan fingerprint density at radius 3 is 2.23 bits per heavy atom. The van der Waals surface area contributed by atoms with Crippen LogP contribution in [0.25, 0.3) is 4.85 Å². The van der Waals surface area contributed by atoms with E-state index in [9.17, 15) is 27.2 Å². The third-order valence-corrected chi connectivity index (χ3v) is 2.72. The summed E-state index contributed by atoms with van der Waals surface area (Å²) in [6, 6.07) is -1.07. The van der Waals surface area contributed by atoms with Gasteiger partial charge in [-0.15, -0.1) is 0 Å². The number of carbonyl (C=O) groups is 2. The highest BCUT2D eigenvalue weighted by molar-refractivity contribution is 5.94. The normalized spacial score (nSPS) is 12.2. The molecule has 0 amide bonds. The van der Waals surface area contributed by atoms with Crippen LogP contribution in [-0.4, -0.2) is 26.2 Å². The lowest BCUT2D eigenvalue weighted by Crippen LogP contribution is -2.20. The number of esters is 2. The van der Waals surface area contributed by atoms with Gasteiger partial charge in [-0.05, 0) is 12.1 Å². The molecular formula is C13H9F4NO4. The van der Waals surface area contributed by atoms with E-state index in [4.69, 9.17) is 6.57 Å². The number of methoxy groups -OCH3 is 2. The maximum atomic E-state index is 14.2. The lowest BCUT2D eigenvalue weighted by atomic mass is 9.96. The van der Waals surface area contributed by atoms with Gasteiger partial charge in [-0.1, -0.05) is 0 Å². The van der Waals surface area contributed by atoms with Crippen molar-refractivity contribution >= 4 is 11.9 Å². The van der Waals surface area contributed by atoms with Crippen molar-refractivity contribution in [2.24, 2.45) is 0 Å². The Kier molecular flexibility index (Phi) is 5.09. The summed E-state index contributed by atoms with van der Waals surface area (Å²) in [5, 5.41) is 0. The number of ether oxygens (including phenoxy) is 2. The monoisotopic (exact) mass is 319 g/mol. The van der Waals surface area contributed by atoms with Gasteiger partial charge in [0.25, 0.3) is 0 Å². The molecule has 0 bridgehead atoms. The van der Waals surface area contributed by atoms with Crippen molar-refractivity contribution in [3.63, 3.8) is 0 Å². The second kappa shape index (κ2) is 6.43. The molecule has 0 aromatic heterocycles. The van der Waals surface area contributed by atoms with Gasteiger partial charge < -0.3 is 9.47 Å². The van der Waals surface area contributed by atoms with Crippen LogP contribution >= 0.6 is 0 Å². The minimum absolute atomic E-state index is 0.337. The molecular weight excluding hydrogens is 310 g/mol. The molecule has 0 spiro atoms. The van der Waals surface area contributed by atoms with Gasteiger partial charge in [-0.2, -0.15) is 13.2 Å². The first-order chi connectivity index (χ1) is 10.2. The van der Waals surface area contributed by atoms with Crippen molar-refractivity contribution in [1.82, 2.24) is 0 Å². The topological polar surface area (TPSA) is 57.0 Å². The second-order valence-electron chi connectivity index (χ2n) is 3.93. The number of halogens is 4. The number of benzene rings is 1. The quantitative estimate of drug-likeness (QED) is 0.488. The molecule has 0 heterocycles. The molecule has 0 radical (unpaired) electrons. The number of rotatable bonds is 3. The van der Waals surface area contributed by atoms with E-state index in [2.05, 4.69) is 14.3 Å². The van der Waals surface area contributed by atoms with Crippen LogP contribution in [0.15, 0.2) is 12.1 Å². The van der Waals surface area contributed by atoms with E-state index in [1.54, 1.807) is 0 Å². The maximum absolute atomic E-state index is 14.2. The van der Waals surface area contributed by atoms with Crippen molar-refractivity contribution in [3.8, 4) is 0 Å². The molecule has 118 valence electrons. The molecule has 0 aliphatic heterocycles. The highest BCUT2D eigenvalue weighted by Gasteiger charge is 2.42. The zero-order valence-corrected chi connectivity index (χ0v) is 11.3. The number of carbonyl (C=O) groups excluding carboxylic acids is 2. The Hall–Kier alpha value is -2.63. The largest absolute Gasteiger partial charge is 0.465 e. The molecule has 5 nitrogen and oxygen atoms in total. The van der Waals surface area contributed by atoms with Gasteiger partial charge in [-0.3, -0.25) is 4.85 Å². The molecule has 22 heavy (non-hydrogen) atoms. The van der Waals surface area contributed by atoms with Gasteiger partial charge >= 0.3 is 24.2 Å². The summed E-state index contributed by atoms with van der Waals surface area (Å²) in [6.07, 6.45) is -5.06. The minimum Gasteiger partial charge on any atom is -0.465 e. The zero-order chi connectivity index (χ0) is 17.1. The highest BCUT2D eigenvalue weighted by Crippen LogP contribution is 2.37. The molecule has 1 atom stereocenters. The third kappa shape index (κ3) is 3.16. The Balaban J connectivity index is 3.72. The molecule has 0 saturated heterocycles. The van der Waals surface area contributed by atoms with Gasteiger partial charge in [0.15, 0.2) is 0 Å². The van der Waals surface area contributed by atoms with Gasteiger partial charge in [0.1, 0.15) is 5.82 Å².